The second-order valence-electron chi connectivity index (χ2n) is 2.30. The van der Waals surface area contributed by atoms with Crippen LogP contribution < -0.4 is 0 Å². The second-order valence-corrected chi connectivity index (χ2v) is 2.30. The molecule has 0 bridgehead atoms. The Labute approximate surface area is 67.9 Å². The molecule has 2 nitrogen and oxygen atoms in total. The number of aliphatic hydroxyl groups excluding tert-OH is 1. The Morgan fingerprint density at radius 1 is 1.55 bits per heavy atom. The number of rotatable bonds is 2. The van der Waals surface area contributed by atoms with Gasteiger partial charge in [0.25, 0.3) is 0 Å². The van der Waals surface area contributed by atoms with Crippen molar-refractivity contribution in [2.75, 3.05) is 6.61 Å². The first kappa shape index (κ1) is 10.2. The van der Waals surface area contributed by atoms with Crippen LogP contribution in [0, 0.1) is 6.92 Å². The molecule has 0 aliphatic rings. The van der Waals surface area contributed by atoms with Crippen LogP contribution in [0.1, 0.15) is 25.5 Å². The molecule has 0 radical (unpaired) electrons. The summed E-state index contributed by atoms with van der Waals surface area (Å²) in [6.07, 6.45) is 3.70. The van der Waals surface area contributed by atoms with Crippen molar-refractivity contribution in [1.29, 1.82) is 0 Å². The summed E-state index contributed by atoms with van der Waals surface area (Å²) in [7, 11) is 0. The maximum Gasteiger partial charge on any atom is 0.100 e. The van der Waals surface area contributed by atoms with Gasteiger partial charge in [0.2, 0.25) is 0 Å². The number of aliphatic hydroxyl groups is 1. The van der Waals surface area contributed by atoms with Gasteiger partial charge in [0.05, 0.1) is 6.26 Å². The van der Waals surface area contributed by atoms with Gasteiger partial charge in [-0.15, -0.1) is 0 Å². The van der Waals surface area contributed by atoms with Gasteiger partial charge in [-0.3, -0.25) is 0 Å². The largest absolute Gasteiger partial charge is 0.470 e. The van der Waals surface area contributed by atoms with Gasteiger partial charge in [-0.2, -0.15) is 0 Å². The summed E-state index contributed by atoms with van der Waals surface area (Å²) in [6.45, 7) is 4.31. The van der Waals surface area contributed by atoms with Gasteiger partial charge < -0.3 is 9.52 Å². The normalized spacial score (nSPS) is 8.64. The molecule has 1 rings (SSSR count). The number of hydrogen-bond acceptors (Lipinski definition) is 2. The molecule has 1 aromatic rings. The summed E-state index contributed by atoms with van der Waals surface area (Å²) in [4.78, 5) is 0. The summed E-state index contributed by atoms with van der Waals surface area (Å²) < 4.78 is 4.83. The monoisotopic (exact) mass is 156 g/mol. The van der Waals surface area contributed by atoms with E-state index in [2.05, 4.69) is 6.92 Å². The molecule has 0 aromatic carbocycles. The number of aryl methyl sites for hydroxylation is 1. The molecule has 1 N–H and O–H groups in total. The zero-order valence-corrected chi connectivity index (χ0v) is 7.21. The molecule has 2 heteroatoms. The van der Waals surface area contributed by atoms with E-state index in [1.54, 1.807) is 6.26 Å². The van der Waals surface area contributed by atoms with Crippen LogP contribution in [-0.2, 0) is 0 Å². The Hall–Kier alpha value is -0.760. The molecule has 0 unspecified atom stereocenters. The lowest BCUT2D eigenvalue weighted by Gasteiger charge is -1.79. The van der Waals surface area contributed by atoms with E-state index in [1.165, 1.54) is 0 Å². The molecule has 1 heterocycles. The summed E-state index contributed by atoms with van der Waals surface area (Å²) >= 11 is 0. The number of furan rings is 1. The standard InChI is InChI=1S/C5H6O.C4H10O/c1-5-3-2-4-6-5;1-2-3-4-5/h2-4H,1H3;5H,2-4H2,1H3. The van der Waals surface area contributed by atoms with Crippen molar-refractivity contribution in [3.05, 3.63) is 24.2 Å². The van der Waals surface area contributed by atoms with Crippen LogP contribution in [0.15, 0.2) is 22.8 Å². The predicted octanol–water partition coefficient (Wildman–Crippen LogP) is 2.37. The van der Waals surface area contributed by atoms with Gasteiger partial charge in [0.1, 0.15) is 5.76 Å². The van der Waals surface area contributed by atoms with Crippen LogP contribution >= 0.6 is 0 Å². The van der Waals surface area contributed by atoms with E-state index in [0.29, 0.717) is 6.61 Å². The number of unbranched alkanes of at least 4 members (excludes halogenated alkanes) is 1. The highest BCUT2D eigenvalue weighted by Gasteiger charge is 1.75. The molecule has 64 valence electrons. The van der Waals surface area contributed by atoms with Gasteiger partial charge >= 0.3 is 0 Å². The molecular formula is C9H16O2. The van der Waals surface area contributed by atoms with Crippen molar-refractivity contribution in [2.24, 2.45) is 0 Å². The Morgan fingerprint density at radius 3 is 2.36 bits per heavy atom. The Kier molecular flexibility index (Phi) is 6.84. The predicted molar refractivity (Wildman–Crippen MR) is 45.4 cm³/mol. The van der Waals surface area contributed by atoms with Gasteiger partial charge in [0.15, 0.2) is 0 Å². The van der Waals surface area contributed by atoms with Crippen molar-refractivity contribution < 1.29 is 9.52 Å². The molecule has 0 amide bonds. The molecule has 0 saturated carbocycles. The lowest BCUT2D eigenvalue weighted by molar-refractivity contribution is 0.287. The zero-order valence-electron chi connectivity index (χ0n) is 7.21. The van der Waals surface area contributed by atoms with E-state index in [4.69, 9.17) is 9.52 Å². The molecule has 0 saturated heterocycles. The molecule has 0 aliphatic carbocycles. The lowest BCUT2D eigenvalue weighted by atomic mass is 10.4. The fourth-order valence-corrected chi connectivity index (χ4v) is 0.519. The van der Waals surface area contributed by atoms with Gasteiger partial charge in [-0.1, -0.05) is 13.3 Å². The van der Waals surface area contributed by atoms with Gasteiger partial charge in [-0.25, -0.2) is 0 Å². The molecule has 1 aromatic heterocycles. The summed E-state index contributed by atoms with van der Waals surface area (Å²) in [5.74, 6) is 0.968. The van der Waals surface area contributed by atoms with E-state index in [0.717, 1.165) is 18.6 Å². The molecular weight excluding hydrogens is 140 g/mol. The third kappa shape index (κ3) is 7.13. The van der Waals surface area contributed by atoms with E-state index in [9.17, 15) is 0 Å². The minimum atomic E-state index is 0.344. The third-order valence-corrected chi connectivity index (χ3v) is 1.18. The third-order valence-electron chi connectivity index (χ3n) is 1.18. The second kappa shape index (κ2) is 7.35. The summed E-state index contributed by atoms with van der Waals surface area (Å²) in [5.41, 5.74) is 0. The maximum absolute atomic E-state index is 8.07. The van der Waals surface area contributed by atoms with Crippen LogP contribution in [0.3, 0.4) is 0 Å². The van der Waals surface area contributed by atoms with E-state index >= 15 is 0 Å². The average molecular weight is 156 g/mol. The average Bonchev–Trinajstić information content (AvgIpc) is 2.43. The van der Waals surface area contributed by atoms with E-state index in [-0.39, 0.29) is 0 Å². The van der Waals surface area contributed by atoms with Crippen LogP contribution in [0.25, 0.3) is 0 Å². The topological polar surface area (TPSA) is 33.4 Å². The highest BCUT2D eigenvalue weighted by Crippen LogP contribution is 1.93. The van der Waals surface area contributed by atoms with Gasteiger partial charge in [0, 0.05) is 6.61 Å². The summed E-state index contributed by atoms with van der Waals surface area (Å²) in [6, 6.07) is 3.79. The van der Waals surface area contributed by atoms with Crippen molar-refractivity contribution in [2.45, 2.75) is 26.7 Å². The van der Waals surface area contributed by atoms with Crippen molar-refractivity contribution >= 4 is 0 Å². The quantitative estimate of drug-likeness (QED) is 0.713. The first-order valence-corrected chi connectivity index (χ1v) is 3.92. The van der Waals surface area contributed by atoms with Crippen LogP contribution in [0.4, 0.5) is 0 Å². The fraction of sp³-hybridized carbons (Fsp3) is 0.556. The SMILES string of the molecule is CCCCO.Cc1ccco1. The first-order valence-electron chi connectivity index (χ1n) is 3.92. The van der Waals surface area contributed by atoms with Crippen LogP contribution in [-0.4, -0.2) is 11.7 Å². The fourth-order valence-electron chi connectivity index (χ4n) is 0.519. The van der Waals surface area contributed by atoms with Crippen molar-refractivity contribution in [1.82, 2.24) is 0 Å². The first-order chi connectivity index (χ1) is 5.31. The zero-order chi connectivity index (χ0) is 8.53. The minimum absolute atomic E-state index is 0.344. The molecule has 0 fully saturated rings. The maximum atomic E-state index is 8.07. The highest BCUT2D eigenvalue weighted by molar-refractivity contribution is 4.93. The Bertz CT molecular complexity index is 143. The molecule has 0 aliphatic heterocycles. The van der Waals surface area contributed by atoms with E-state index in [1.807, 2.05) is 19.1 Å². The minimum Gasteiger partial charge on any atom is -0.470 e. The molecule has 0 atom stereocenters. The van der Waals surface area contributed by atoms with Crippen LogP contribution in [0.5, 0.6) is 0 Å². The summed E-state index contributed by atoms with van der Waals surface area (Å²) in [5, 5.41) is 8.07. The smallest absolute Gasteiger partial charge is 0.100 e. The van der Waals surface area contributed by atoms with Crippen molar-refractivity contribution in [3.8, 4) is 0 Å². The lowest BCUT2D eigenvalue weighted by Crippen LogP contribution is -1.75. The van der Waals surface area contributed by atoms with E-state index < -0.39 is 0 Å². The van der Waals surface area contributed by atoms with Gasteiger partial charge in [-0.05, 0) is 25.5 Å². The van der Waals surface area contributed by atoms with Crippen molar-refractivity contribution in [3.63, 3.8) is 0 Å². The van der Waals surface area contributed by atoms with Crippen LogP contribution in [0.2, 0.25) is 0 Å². The highest BCUT2D eigenvalue weighted by atomic mass is 16.3. The Morgan fingerprint density at radius 2 is 2.27 bits per heavy atom. The molecule has 11 heavy (non-hydrogen) atoms. The Balaban J connectivity index is 0.000000187. The molecule has 0 spiro atoms. The number of hydrogen-bond donors (Lipinski definition) is 1.